The molecule has 10 rings (SSSR count). The van der Waals surface area contributed by atoms with Crippen molar-refractivity contribution in [2.24, 2.45) is 27.3 Å². The molecule has 5 aliphatic heterocycles. The summed E-state index contributed by atoms with van der Waals surface area (Å²) in [6.07, 6.45) is 12.5. The van der Waals surface area contributed by atoms with Crippen molar-refractivity contribution in [1.29, 1.82) is 0 Å². The summed E-state index contributed by atoms with van der Waals surface area (Å²) in [6.45, 7) is 9.81. The van der Waals surface area contributed by atoms with Crippen molar-refractivity contribution in [3.63, 3.8) is 0 Å². The van der Waals surface area contributed by atoms with Crippen LogP contribution in [0.3, 0.4) is 0 Å². The number of pyridine rings is 1. The molecule has 8 heterocycles. The average Bonchev–Trinajstić information content (AvgIpc) is 4.00. The molecule has 4 N–H and O–H groups in total. The van der Waals surface area contributed by atoms with Crippen LogP contribution in [-0.2, 0) is 22.4 Å². The summed E-state index contributed by atoms with van der Waals surface area (Å²) in [6, 6.07) is 7.70. The molecule has 0 saturated carbocycles. The van der Waals surface area contributed by atoms with Crippen molar-refractivity contribution in [1.82, 2.24) is 24.9 Å². The van der Waals surface area contributed by atoms with Crippen molar-refractivity contribution in [2.75, 3.05) is 49.2 Å². The molecule has 1 aliphatic carbocycles. The number of piperidine rings is 2. The molecule has 3 aromatic heterocycles. The molecule has 304 valence electrons. The highest BCUT2D eigenvalue weighted by Gasteiger charge is 2.49. The number of aliphatic imine (C=N–C) groups is 1. The zero-order valence-corrected chi connectivity index (χ0v) is 35.5. The highest BCUT2D eigenvalue weighted by atomic mass is 35.5. The lowest BCUT2D eigenvalue weighted by Gasteiger charge is -2.41. The highest BCUT2D eigenvalue weighted by Crippen LogP contribution is 2.44. The Labute approximate surface area is 358 Å². The second-order valence-corrected chi connectivity index (χ2v) is 17.9. The van der Waals surface area contributed by atoms with Gasteiger partial charge in [0.25, 0.3) is 0 Å². The van der Waals surface area contributed by atoms with Crippen LogP contribution in [-0.4, -0.2) is 94.3 Å². The monoisotopic (exact) mass is 862 g/mol. The number of aromatic nitrogens is 5. The van der Waals surface area contributed by atoms with Gasteiger partial charge in [0.15, 0.2) is 0 Å². The third-order valence-electron chi connectivity index (χ3n) is 13.2. The molecule has 0 amide bonds. The smallest absolute Gasteiger partial charge is 0.148 e. The molecule has 2 spiro atoms. The molecule has 0 bridgehead atoms. The quantitative estimate of drug-likeness (QED) is 0.205. The van der Waals surface area contributed by atoms with Gasteiger partial charge in [-0.2, -0.15) is 0 Å². The van der Waals surface area contributed by atoms with E-state index < -0.39 is 0 Å². The fourth-order valence-corrected chi connectivity index (χ4v) is 10.2. The minimum atomic E-state index is 0.0910. The number of nitrogens with zero attached hydrogens (tertiary/aromatic N) is 8. The largest absolute Gasteiger partial charge is 0.376 e. The van der Waals surface area contributed by atoms with E-state index >= 15 is 0 Å². The van der Waals surface area contributed by atoms with Crippen LogP contribution in [0.4, 0.5) is 11.6 Å². The summed E-state index contributed by atoms with van der Waals surface area (Å²) in [5.74, 6) is 1.82. The van der Waals surface area contributed by atoms with Gasteiger partial charge in [-0.25, -0.2) is 19.9 Å². The lowest BCUT2D eigenvalue weighted by molar-refractivity contribution is 0.0973. The Morgan fingerprint density at radius 3 is 1.88 bits per heavy atom. The molecule has 0 radical (unpaired) electrons. The van der Waals surface area contributed by atoms with E-state index in [1.807, 2.05) is 24.5 Å². The molecule has 4 saturated heterocycles. The van der Waals surface area contributed by atoms with Gasteiger partial charge in [0.1, 0.15) is 22.5 Å². The third kappa shape index (κ3) is 7.07. The van der Waals surface area contributed by atoms with E-state index in [9.17, 15) is 0 Å². The van der Waals surface area contributed by atoms with Gasteiger partial charge in [0.2, 0.25) is 0 Å². The standard InChI is InChI=1S/C22H24Cl2N4O.C20H22Cl2N6O/c1-13-21(25)22(12-29-13)7-9-28(10-8-22)18-11-26-20-15(5-6-17(20)27-18)14-3-2-4-16(23)19(14)24;1-11-18(23)20(10-29-11)3-6-28(7-4-20)14-9-26-17-13(27-14)8-25-16(17)12-2-5-24-19(22)15(12)21/h2-5,11,13,21H,6-10,12,25H2,1H3;2,5,9,11,18H,3-4,6-8,10,23H2,1H3/t13-,21+;11-,18+/m00/s1. The zero-order valence-electron chi connectivity index (χ0n) is 32.5. The van der Waals surface area contributed by atoms with Gasteiger partial charge in [0, 0.05) is 78.4 Å². The van der Waals surface area contributed by atoms with Gasteiger partial charge < -0.3 is 30.7 Å². The molecule has 4 fully saturated rings. The van der Waals surface area contributed by atoms with Crippen LogP contribution in [0.15, 0.2) is 53.9 Å². The topological polar surface area (TPSA) is 154 Å². The number of rotatable bonds is 4. The third-order valence-corrected chi connectivity index (χ3v) is 14.8. The molecule has 1 aromatic carbocycles. The number of hydrogen-bond acceptors (Lipinski definition) is 12. The van der Waals surface area contributed by atoms with Gasteiger partial charge in [-0.1, -0.05) is 64.6 Å². The fraction of sp³-hybridized carbons (Fsp3) is 0.476. The van der Waals surface area contributed by atoms with Crippen molar-refractivity contribution < 1.29 is 9.47 Å². The maximum absolute atomic E-state index is 6.44. The first kappa shape index (κ1) is 40.0. The van der Waals surface area contributed by atoms with Crippen LogP contribution < -0.4 is 21.3 Å². The molecule has 6 aliphatic rings. The van der Waals surface area contributed by atoms with Crippen molar-refractivity contribution in [3.05, 3.63) is 103 Å². The predicted molar refractivity (Wildman–Crippen MR) is 229 cm³/mol. The van der Waals surface area contributed by atoms with Crippen LogP contribution in [0, 0.1) is 10.8 Å². The Morgan fingerprint density at radius 1 is 0.707 bits per heavy atom. The summed E-state index contributed by atoms with van der Waals surface area (Å²) < 4.78 is 11.7. The number of allylic oxidation sites excluding steroid dienone is 1. The molecule has 0 unspecified atom stereocenters. The van der Waals surface area contributed by atoms with E-state index in [-0.39, 0.29) is 40.3 Å². The van der Waals surface area contributed by atoms with Crippen LogP contribution in [0.25, 0.3) is 5.57 Å². The van der Waals surface area contributed by atoms with Crippen LogP contribution in [0.1, 0.15) is 73.4 Å². The zero-order chi connectivity index (χ0) is 40.3. The first-order chi connectivity index (χ1) is 28.0. The number of anilines is 2. The molecular formula is C42H46Cl4N10O2. The number of benzene rings is 1. The van der Waals surface area contributed by atoms with Crippen LogP contribution in [0.2, 0.25) is 20.2 Å². The predicted octanol–water partition coefficient (Wildman–Crippen LogP) is 6.97. The SMILES string of the molecule is C[C@@H]1OCC2(CCN(c3cnc4c(n3)CC=C4c3cccc(Cl)c3Cl)CC2)[C@@H]1N.C[C@@H]1OCC2(CCN(c3cnc4c(n3)CN=C4c3ccnc(Cl)c3Cl)CC2)[C@@H]1N. The highest BCUT2D eigenvalue weighted by molar-refractivity contribution is 6.44. The number of ether oxygens (including phenoxy) is 2. The minimum Gasteiger partial charge on any atom is -0.376 e. The molecule has 58 heavy (non-hydrogen) atoms. The molecule has 12 nitrogen and oxygen atoms in total. The lowest BCUT2D eigenvalue weighted by atomic mass is 9.73. The summed E-state index contributed by atoms with van der Waals surface area (Å²) >= 11 is 25.0. The maximum Gasteiger partial charge on any atom is 0.148 e. The summed E-state index contributed by atoms with van der Waals surface area (Å²) in [4.78, 5) is 32.4. The summed E-state index contributed by atoms with van der Waals surface area (Å²) in [5.41, 5.74) is 19.9. The van der Waals surface area contributed by atoms with Gasteiger partial charge in [-0.15, -0.1) is 0 Å². The van der Waals surface area contributed by atoms with E-state index in [4.69, 9.17) is 82.3 Å². The lowest BCUT2D eigenvalue weighted by Crippen LogP contribution is -2.50. The minimum absolute atomic E-state index is 0.0910. The first-order valence-electron chi connectivity index (χ1n) is 19.9. The molecule has 16 heteroatoms. The summed E-state index contributed by atoms with van der Waals surface area (Å²) in [7, 11) is 0. The molecule has 4 atom stereocenters. The number of nitrogens with two attached hydrogens (primary N) is 2. The Bertz CT molecular complexity index is 2130. The van der Waals surface area contributed by atoms with Gasteiger partial charge in [-0.05, 0) is 51.7 Å². The number of fused-ring (bicyclic) bond motifs is 2. The van der Waals surface area contributed by atoms with Crippen LogP contribution >= 0.6 is 46.4 Å². The Balaban J connectivity index is 0.000000150. The Hall–Kier alpha value is -3.46. The summed E-state index contributed by atoms with van der Waals surface area (Å²) in [5, 5.41) is 1.76. The second kappa shape index (κ2) is 15.9. The second-order valence-electron chi connectivity index (χ2n) is 16.4. The average molecular weight is 865 g/mol. The number of hydrogen-bond donors (Lipinski definition) is 2. The Kier molecular flexibility index (Phi) is 10.9. The van der Waals surface area contributed by atoms with Gasteiger partial charge >= 0.3 is 0 Å². The van der Waals surface area contributed by atoms with E-state index in [2.05, 4.69) is 44.7 Å². The molecular weight excluding hydrogens is 818 g/mol. The fourth-order valence-electron chi connectivity index (χ4n) is 9.41. The van der Waals surface area contributed by atoms with Crippen molar-refractivity contribution in [3.8, 4) is 0 Å². The van der Waals surface area contributed by atoms with Gasteiger partial charge in [0.05, 0.1) is 82.2 Å². The normalized spacial score (nSPS) is 25.4. The maximum atomic E-state index is 6.44. The Morgan fingerprint density at radius 2 is 1.29 bits per heavy atom. The number of halogens is 4. The van der Waals surface area contributed by atoms with E-state index in [1.54, 1.807) is 18.3 Å². The van der Waals surface area contributed by atoms with Gasteiger partial charge in [-0.3, -0.25) is 9.98 Å². The van der Waals surface area contributed by atoms with E-state index in [0.717, 1.165) is 123 Å². The molecule has 4 aromatic rings. The van der Waals surface area contributed by atoms with E-state index in [1.165, 1.54) is 0 Å². The van der Waals surface area contributed by atoms with E-state index in [0.29, 0.717) is 27.3 Å². The van der Waals surface area contributed by atoms with Crippen molar-refractivity contribution >= 4 is 69.3 Å². The van der Waals surface area contributed by atoms with Crippen molar-refractivity contribution in [2.45, 2.75) is 76.8 Å². The van der Waals surface area contributed by atoms with Crippen LogP contribution in [0.5, 0.6) is 0 Å². The first-order valence-corrected chi connectivity index (χ1v) is 21.4.